The van der Waals surface area contributed by atoms with E-state index in [1.54, 1.807) is 24.3 Å². The first kappa shape index (κ1) is 18.5. The SMILES string of the molecule is Cc1nnc(N2C(=O)c3oc4ccccc4c(=O)c3C2c2ccc(N(C)C)cc2)s1. The minimum absolute atomic E-state index is 0.0632. The second-order valence-electron chi connectivity index (χ2n) is 7.34. The van der Waals surface area contributed by atoms with Gasteiger partial charge in [0.15, 0.2) is 5.43 Å². The van der Waals surface area contributed by atoms with Gasteiger partial charge in [0.05, 0.1) is 17.0 Å². The highest BCUT2D eigenvalue weighted by Gasteiger charge is 2.45. The molecule has 30 heavy (non-hydrogen) atoms. The zero-order valence-corrected chi connectivity index (χ0v) is 17.4. The van der Waals surface area contributed by atoms with E-state index in [1.165, 1.54) is 16.2 Å². The van der Waals surface area contributed by atoms with Crippen molar-refractivity contribution in [2.24, 2.45) is 0 Å². The third-order valence-electron chi connectivity index (χ3n) is 5.22. The highest BCUT2D eigenvalue weighted by atomic mass is 32.1. The average molecular weight is 418 g/mol. The molecule has 0 radical (unpaired) electrons. The monoisotopic (exact) mass is 418 g/mol. The van der Waals surface area contributed by atoms with Crippen molar-refractivity contribution < 1.29 is 9.21 Å². The topological polar surface area (TPSA) is 79.5 Å². The van der Waals surface area contributed by atoms with E-state index in [0.29, 0.717) is 21.7 Å². The second kappa shape index (κ2) is 6.77. The van der Waals surface area contributed by atoms with Gasteiger partial charge in [-0.25, -0.2) is 0 Å². The maximum Gasteiger partial charge on any atom is 0.297 e. The van der Waals surface area contributed by atoms with Crippen LogP contribution in [0.5, 0.6) is 0 Å². The molecular weight excluding hydrogens is 400 g/mol. The fraction of sp³-hybridized carbons (Fsp3) is 0.182. The van der Waals surface area contributed by atoms with Crippen molar-refractivity contribution in [3.05, 3.63) is 80.6 Å². The van der Waals surface area contributed by atoms with Crippen LogP contribution >= 0.6 is 11.3 Å². The molecular formula is C22H18N4O3S. The van der Waals surface area contributed by atoms with Gasteiger partial charge in [-0.15, -0.1) is 10.2 Å². The zero-order valence-electron chi connectivity index (χ0n) is 16.6. The normalized spacial score (nSPS) is 15.6. The number of aryl methyl sites for hydroxylation is 1. The fourth-order valence-electron chi connectivity index (χ4n) is 3.77. The molecule has 8 heteroatoms. The summed E-state index contributed by atoms with van der Waals surface area (Å²) >= 11 is 1.31. The molecule has 1 atom stereocenters. The molecule has 0 bridgehead atoms. The molecule has 0 spiro atoms. The Morgan fingerprint density at radius 3 is 2.43 bits per heavy atom. The highest BCUT2D eigenvalue weighted by Crippen LogP contribution is 2.42. The van der Waals surface area contributed by atoms with E-state index < -0.39 is 6.04 Å². The lowest BCUT2D eigenvalue weighted by Gasteiger charge is -2.23. The summed E-state index contributed by atoms with van der Waals surface area (Å²) in [5.74, 6) is -0.320. The number of rotatable bonds is 3. The number of nitrogens with zero attached hydrogens (tertiary/aromatic N) is 4. The first-order valence-corrected chi connectivity index (χ1v) is 10.2. The Morgan fingerprint density at radius 2 is 1.77 bits per heavy atom. The molecule has 0 N–H and O–H groups in total. The summed E-state index contributed by atoms with van der Waals surface area (Å²) in [5, 5.41) is 9.86. The van der Waals surface area contributed by atoms with Gasteiger partial charge in [-0.05, 0) is 36.8 Å². The van der Waals surface area contributed by atoms with Gasteiger partial charge in [0.1, 0.15) is 10.6 Å². The number of hydrogen-bond donors (Lipinski definition) is 0. The number of benzene rings is 2. The number of anilines is 2. The minimum atomic E-state index is -0.628. The molecule has 5 rings (SSSR count). The van der Waals surface area contributed by atoms with Gasteiger partial charge in [0, 0.05) is 19.8 Å². The number of fused-ring (bicyclic) bond motifs is 2. The molecule has 0 fully saturated rings. The van der Waals surface area contributed by atoms with Crippen LogP contribution < -0.4 is 15.2 Å². The Hall–Kier alpha value is -3.52. The van der Waals surface area contributed by atoms with Gasteiger partial charge in [-0.1, -0.05) is 35.6 Å². The molecule has 1 aliphatic heterocycles. The van der Waals surface area contributed by atoms with Crippen molar-refractivity contribution in [3.63, 3.8) is 0 Å². The van der Waals surface area contributed by atoms with Crippen LogP contribution in [0, 0.1) is 6.92 Å². The summed E-state index contributed by atoms with van der Waals surface area (Å²) in [6, 6.07) is 14.1. The van der Waals surface area contributed by atoms with Crippen molar-refractivity contribution in [1.82, 2.24) is 10.2 Å². The maximum absolute atomic E-state index is 13.4. The molecule has 150 valence electrons. The van der Waals surface area contributed by atoms with Gasteiger partial charge >= 0.3 is 0 Å². The lowest BCUT2D eigenvalue weighted by molar-refractivity contribution is 0.0970. The molecule has 0 aliphatic carbocycles. The van der Waals surface area contributed by atoms with Crippen molar-refractivity contribution >= 4 is 39.0 Å². The summed E-state index contributed by atoms with van der Waals surface area (Å²) in [6.45, 7) is 1.83. The third-order valence-corrected chi connectivity index (χ3v) is 6.06. The van der Waals surface area contributed by atoms with Crippen LogP contribution in [0.15, 0.2) is 57.7 Å². The molecule has 0 saturated carbocycles. The van der Waals surface area contributed by atoms with E-state index in [1.807, 2.05) is 50.2 Å². The second-order valence-corrected chi connectivity index (χ2v) is 8.50. The minimum Gasteiger partial charge on any atom is -0.450 e. The molecule has 1 unspecified atom stereocenters. The highest BCUT2D eigenvalue weighted by molar-refractivity contribution is 7.15. The van der Waals surface area contributed by atoms with E-state index in [2.05, 4.69) is 10.2 Å². The molecule has 2 aromatic heterocycles. The van der Waals surface area contributed by atoms with E-state index in [0.717, 1.165) is 16.3 Å². The van der Waals surface area contributed by atoms with Crippen molar-refractivity contribution in [2.45, 2.75) is 13.0 Å². The average Bonchev–Trinajstić information content (AvgIpc) is 3.29. The van der Waals surface area contributed by atoms with Crippen LogP contribution in [0.2, 0.25) is 0 Å². The zero-order chi connectivity index (χ0) is 21.0. The van der Waals surface area contributed by atoms with Gasteiger partial charge in [0.2, 0.25) is 10.9 Å². The molecule has 1 aliphatic rings. The van der Waals surface area contributed by atoms with Gasteiger partial charge in [-0.3, -0.25) is 14.5 Å². The third kappa shape index (κ3) is 2.72. The predicted molar refractivity (Wildman–Crippen MR) is 117 cm³/mol. The predicted octanol–water partition coefficient (Wildman–Crippen LogP) is 3.77. The fourth-order valence-corrected chi connectivity index (χ4v) is 4.48. The van der Waals surface area contributed by atoms with Gasteiger partial charge < -0.3 is 9.32 Å². The largest absolute Gasteiger partial charge is 0.450 e. The maximum atomic E-state index is 13.4. The first-order chi connectivity index (χ1) is 14.5. The standard InChI is InChI=1S/C22H18N4O3S/c1-12-23-24-22(30-12)26-18(13-8-10-14(11-9-13)25(2)3)17-19(27)15-6-4-5-7-16(15)29-20(17)21(26)28/h4-11,18H,1-3H3. The Balaban J connectivity index is 1.77. The first-order valence-electron chi connectivity index (χ1n) is 9.42. The van der Waals surface area contributed by atoms with Crippen molar-refractivity contribution in [2.75, 3.05) is 23.9 Å². The van der Waals surface area contributed by atoms with Crippen LogP contribution in [-0.2, 0) is 0 Å². The van der Waals surface area contributed by atoms with E-state index in [4.69, 9.17) is 4.42 Å². The molecule has 7 nitrogen and oxygen atoms in total. The van der Waals surface area contributed by atoms with Crippen LogP contribution in [0.1, 0.15) is 32.7 Å². The summed E-state index contributed by atoms with van der Waals surface area (Å²) in [4.78, 5) is 30.3. The Morgan fingerprint density at radius 1 is 1.03 bits per heavy atom. The van der Waals surface area contributed by atoms with E-state index in [9.17, 15) is 9.59 Å². The molecule has 1 amide bonds. The summed E-state index contributed by atoms with van der Waals surface area (Å²) in [6.07, 6.45) is 0. The number of aromatic nitrogens is 2. The van der Waals surface area contributed by atoms with Crippen LogP contribution in [0.25, 0.3) is 11.0 Å². The Kier molecular flexibility index (Phi) is 4.18. The number of amides is 1. The van der Waals surface area contributed by atoms with E-state index in [-0.39, 0.29) is 17.1 Å². The lowest BCUT2D eigenvalue weighted by atomic mass is 9.98. The van der Waals surface area contributed by atoms with Crippen molar-refractivity contribution in [3.8, 4) is 0 Å². The Labute approximate surface area is 176 Å². The molecule has 0 saturated heterocycles. The lowest BCUT2D eigenvalue weighted by Crippen LogP contribution is -2.29. The molecule has 2 aromatic carbocycles. The summed E-state index contributed by atoms with van der Waals surface area (Å²) in [7, 11) is 3.92. The Bertz CT molecular complexity index is 1340. The van der Waals surface area contributed by atoms with Crippen LogP contribution in [-0.4, -0.2) is 30.2 Å². The van der Waals surface area contributed by atoms with Gasteiger partial charge in [-0.2, -0.15) is 0 Å². The summed E-state index contributed by atoms with van der Waals surface area (Å²) in [5.41, 5.74) is 2.36. The number of hydrogen-bond acceptors (Lipinski definition) is 7. The number of carbonyl (C=O) groups is 1. The van der Waals surface area contributed by atoms with Crippen LogP contribution in [0.4, 0.5) is 10.8 Å². The number of para-hydroxylation sites is 1. The quantitative estimate of drug-likeness (QED) is 0.504. The molecule has 3 heterocycles. The van der Waals surface area contributed by atoms with Crippen molar-refractivity contribution in [1.29, 1.82) is 0 Å². The van der Waals surface area contributed by atoms with Crippen LogP contribution in [0.3, 0.4) is 0 Å². The number of carbonyl (C=O) groups excluding carboxylic acids is 1. The van der Waals surface area contributed by atoms with Gasteiger partial charge in [0.25, 0.3) is 5.91 Å². The smallest absolute Gasteiger partial charge is 0.297 e. The summed E-state index contributed by atoms with van der Waals surface area (Å²) < 4.78 is 5.93. The molecule has 4 aromatic rings. The van der Waals surface area contributed by atoms with E-state index >= 15 is 0 Å².